The lowest BCUT2D eigenvalue weighted by Gasteiger charge is -2.32. The molecule has 0 saturated carbocycles. The maximum atomic E-state index is 12.8. The van der Waals surface area contributed by atoms with Gasteiger partial charge in [0.2, 0.25) is 0 Å². The molecule has 0 spiro atoms. The minimum Gasteiger partial charge on any atom is -0.338 e. The standard InChI is InChI=1S/C19H16Cl2N2OS/c20-14-8-7-12(10-15(14)21)19(24)23-9-3-4-13(11-23)18-22-16-5-1-2-6-17(16)25-18/h1-2,5-8,10,13H,3-4,9,11H2. The summed E-state index contributed by atoms with van der Waals surface area (Å²) in [6, 6.07) is 13.2. The van der Waals surface area contributed by atoms with Gasteiger partial charge in [-0.1, -0.05) is 35.3 Å². The second kappa shape index (κ2) is 6.94. The summed E-state index contributed by atoms with van der Waals surface area (Å²) in [6.07, 6.45) is 2.04. The molecule has 1 amide bonds. The van der Waals surface area contributed by atoms with Crippen LogP contribution in [0.1, 0.15) is 34.1 Å². The largest absolute Gasteiger partial charge is 0.338 e. The van der Waals surface area contributed by atoms with Gasteiger partial charge in [-0.15, -0.1) is 11.3 Å². The number of hydrogen-bond acceptors (Lipinski definition) is 3. The molecule has 3 nitrogen and oxygen atoms in total. The van der Waals surface area contributed by atoms with E-state index in [1.165, 1.54) is 4.70 Å². The number of amides is 1. The second-order valence-corrected chi connectivity index (χ2v) is 8.12. The fourth-order valence-corrected chi connectivity index (χ4v) is 4.63. The predicted molar refractivity (Wildman–Crippen MR) is 104 cm³/mol. The third-order valence-corrected chi connectivity index (χ3v) is 6.47. The molecule has 0 radical (unpaired) electrons. The molecule has 2 aromatic carbocycles. The number of piperidine rings is 1. The molecule has 3 aromatic rings. The fourth-order valence-electron chi connectivity index (χ4n) is 3.24. The van der Waals surface area contributed by atoms with Crippen LogP contribution in [-0.2, 0) is 0 Å². The summed E-state index contributed by atoms with van der Waals surface area (Å²) in [5.74, 6) is 0.294. The van der Waals surface area contributed by atoms with Gasteiger partial charge in [0, 0.05) is 24.6 Å². The molecule has 4 rings (SSSR count). The molecule has 6 heteroatoms. The number of carbonyl (C=O) groups excluding carboxylic acids is 1. The number of aromatic nitrogens is 1. The third-order valence-electron chi connectivity index (χ3n) is 4.53. The first-order valence-electron chi connectivity index (χ1n) is 8.21. The number of carbonyl (C=O) groups is 1. The van der Waals surface area contributed by atoms with Crippen LogP contribution < -0.4 is 0 Å². The van der Waals surface area contributed by atoms with Gasteiger partial charge >= 0.3 is 0 Å². The van der Waals surface area contributed by atoms with Crippen molar-refractivity contribution in [3.05, 3.63) is 63.1 Å². The Balaban J connectivity index is 1.55. The van der Waals surface area contributed by atoms with E-state index in [0.717, 1.165) is 29.9 Å². The molecule has 128 valence electrons. The van der Waals surface area contributed by atoms with Crippen molar-refractivity contribution in [1.82, 2.24) is 9.88 Å². The Hall–Kier alpha value is -1.62. The summed E-state index contributed by atoms with van der Waals surface area (Å²) in [7, 11) is 0. The Morgan fingerprint density at radius 1 is 1.16 bits per heavy atom. The molecule has 25 heavy (non-hydrogen) atoms. The molecule has 1 unspecified atom stereocenters. The van der Waals surface area contributed by atoms with E-state index in [1.807, 2.05) is 23.1 Å². The lowest BCUT2D eigenvalue weighted by Crippen LogP contribution is -2.39. The molecule has 1 aliphatic heterocycles. The Bertz CT molecular complexity index is 907. The average molecular weight is 391 g/mol. The van der Waals surface area contributed by atoms with E-state index < -0.39 is 0 Å². The number of thiazole rings is 1. The number of rotatable bonds is 2. The first kappa shape index (κ1) is 16.8. The number of benzene rings is 2. The highest BCUT2D eigenvalue weighted by Gasteiger charge is 2.27. The average Bonchev–Trinajstić information content (AvgIpc) is 3.08. The zero-order valence-electron chi connectivity index (χ0n) is 13.4. The number of likely N-dealkylation sites (tertiary alicyclic amines) is 1. The Morgan fingerprint density at radius 3 is 2.80 bits per heavy atom. The van der Waals surface area contributed by atoms with Gasteiger partial charge in [0.15, 0.2) is 0 Å². The van der Waals surface area contributed by atoms with Crippen LogP contribution in [-0.4, -0.2) is 28.9 Å². The van der Waals surface area contributed by atoms with Crippen molar-refractivity contribution in [2.24, 2.45) is 0 Å². The smallest absolute Gasteiger partial charge is 0.253 e. The topological polar surface area (TPSA) is 33.2 Å². The van der Waals surface area contributed by atoms with E-state index in [1.54, 1.807) is 29.5 Å². The van der Waals surface area contributed by atoms with Crippen molar-refractivity contribution in [3.8, 4) is 0 Å². The van der Waals surface area contributed by atoms with Crippen LogP contribution >= 0.6 is 34.5 Å². The maximum absolute atomic E-state index is 12.8. The predicted octanol–water partition coefficient (Wildman–Crippen LogP) is 5.62. The van der Waals surface area contributed by atoms with Crippen LogP contribution in [0.4, 0.5) is 0 Å². The first-order valence-corrected chi connectivity index (χ1v) is 9.79. The molecule has 1 saturated heterocycles. The highest BCUT2D eigenvalue weighted by atomic mass is 35.5. The van der Waals surface area contributed by atoms with Crippen molar-refractivity contribution in [2.45, 2.75) is 18.8 Å². The van der Waals surface area contributed by atoms with Crippen LogP contribution in [0, 0.1) is 0 Å². The quantitative estimate of drug-likeness (QED) is 0.568. The Kier molecular flexibility index (Phi) is 4.67. The lowest BCUT2D eigenvalue weighted by molar-refractivity contribution is 0.0707. The molecule has 1 atom stereocenters. The molecule has 0 N–H and O–H groups in total. The van der Waals surface area contributed by atoms with Gasteiger partial charge < -0.3 is 4.90 Å². The minimum absolute atomic E-state index is 0.00405. The highest BCUT2D eigenvalue weighted by molar-refractivity contribution is 7.18. The van der Waals surface area contributed by atoms with Gasteiger partial charge in [-0.2, -0.15) is 0 Å². The highest BCUT2D eigenvalue weighted by Crippen LogP contribution is 2.33. The summed E-state index contributed by atoms with van der Waals surface area (Å²) in [6.45, 7) is 1.46. The van der Waals surface area contributed by atoms with E-state index in [-0.39, 0.29) is 11.8 Å². The molecular formula is C19H16Cl2N2OS. The summed E-state index contributed by atoms with van der Waals surface area (Å²) in [5, 5.41) is 1.99. The summed E-state index contributed by atoms with van der Waals surface area (Å²) in [5.41, 5.74) is 1.62. The van der Waals surface area contributed by atoms with Gasteiger partial charge in [0.25, 0.3) is 5.91 Å². The van der Waals surface area contributed by atoms with Crippen molar-refractivity contribution in [2.75, 3.05) is 13.1 Å². The van der Waals surface area contributed by atoms with Gasteiger partial charge in [-0.25, -0.2) is 4.98 Å². The summed E-state index contributed by atoms with van der Waals surface area (Å²) < 4.78 is 1.20. The second-order valence-electron chi connectivity index (χ2n) is 6.24. The van der Waals surface area contributed by atoms with E-state index >= 15 is 0 Å². The molecule has 1 aliphatic rings. The van der Waals surface area contributed by atoms with Crippen LogP contribution in [0.2, 0.25) is 10.0 Å². The van der Waals surface area contributed by atoms with E-state index in [2.05, 4.69) is 6.07 Å². The third kappa shape index (κ3) is 3.39. The fraction of sp³-hybridized carbons (Fsp3) is 0.263. The number of para-hydroxylation sites is 1. The monoisotopic (exact) mass is 390 g/mol. The van der Waals surface area contributed by atoms with Crippen molar-refractivity contribution < 1.29 is 4.79 Å². The van der Waals surface area contributed by atoms with E-state index in [4.69, 9.17) is 28.2 Å². The summed E-state index contributed by atoms with van der Waals surface area (Å²) in [4.78, 5) is 19.5. The number of fused-ring (bicyclic) bond motifs is 1. The van der Waals surface area contributed by atoms with Crippen molar-refractivity contribution in [3.63, 3.8) is 0 Å². The van der Waals surface area contributed by atoms with Gasteiger partial charge in [-0.3, -0.25) is 4.79 Å². The SMILES string of the molecule is O=C(c1ccc(Cl)c(Cl)c1)N1CCCC(c2nc3ccccc3s2)C1. The van der Waals surface area contributed by atoms with Crippen LogP contribution in [0.3, 0.4) is 0 Å². The molecule has 0 bridgehead atoms. The Morgan fingerprint density at radius 2 is 2.00 bits per heavy atom. The van der Waals surface area contributed by atoms with E-state index in [0.29, 0.717) is 22.2 Å². The minimum atomic E-state index is 0.00405. The normalized spacial score (nSPS) is 17.8. The molecule has 0 aliphatic carbocycles. The zero-order chi connectivity index (χ0) is 17.4. The molecular weight excluding hydrogens is 375 g/mol. The Labute approximate surface area is 160 Å². The van der Waals surface area contributed by atoms with Crippen molar-refractivity contribution in [1.29, 1.82) is 0 Å². The maximum Gasteiger partial charge on any atom is 0.253 e. The van der Waals surface area contributed by atoms with Gasteiger partial charge in [0.05, 0.1) is 25.3 Å². The number of hydrogen-bond donors (Lipinski definition) is 0. The summed E-state index contributed by atoms with van der Waals surface area (Å²) >= 11 is 13.7. The van der Waals surface area contributed by atoms with Crippen LogP contribution in [0.15, 0.2) is 42.5 Å². The molecule has 2 heterocycles. The van der Waals surface area contributed by atoms with Gasteiger partial charge in [0.1, 0.15) is 0 Å². The lowest BCUT2D eigenvalue weighted by atomic mass is 9.98. The van der Waals surface area contributed by atoms with Crippen LogP contribution in [0.5, 0.6) is 0 Å². The van der Waals surface area contributed by atoms with Crippen molar-refractivity contribution >= 4 is 50.7 Å². The first-order chi connectivity index (χ1) is 12.1. The van der Waals surface area contributed by atoms with E-state index in [9.17, 15) is 4.79 Å². The zero-order valence-corrected chi connectivity index (χ0v) is 15.7. The molecule has 1 fully saturated rings. The molecule has 1 aromatic heterocycles. The number of nitrogens with zero attached hydrogens (tertiary/aromatic N) is 2. The number of halogens is 2. The van der Waals surface area contributed by atoms with Gasteiger partial charge in [-0.05, 0) is 43.2 Å². The van der Waals surface area contributed by atoms with Crippen LogP contribution in [0.25, 0.3) is 10.2 Å².